The monoisotopic (exact) mass is 330 g/mol. The molecule has 2 aromatic rings. The topological polar surface area (TPSA) is 80.4 Å². The number of aliphatic carboxylic acids is 1. The van der Waals surface area contributed by atoms with E-state index in [9.17, 15) is 9.59 Å². The largest absolute Gasteiger partial charge is 0.481 e. The van der Waals surface area contributed by atoms with Crippen LogP contribution in [-0.4, -0.2) is 49.3 Å². The SMILES string of the molecule is Cn1ncc(C(=O)N2CCC[C@H](CCC(=O)O)C2)c1-n1cccc1. The first kappa shape index (κ1) is 16.3. The van der Waals surface area contributed by atoms with Crippen molar-refractivity contribution in [3.8, 4) is 5.82 Å². The Kier molecular flexibility index (Phi) is 4.69. The minimum absolute atomic E-state index is 0.0353. The fourth-order valence-electron chi connectivity index (χ4n) is 3.35. The van der Waals surface area contributed by atoms with Gasteiger partial charge in [-0.25, -0.2) is 0 Å². The summed E-state index contributed by atoms with van der Waals surface area (Å²) >= 11 is 0. The molecule has 1 amide bonds. The number of piperidine rings is 1. The average Bonchev–Trinajstić information content (AvgIpc) is 3.21. The van der Waals surface area contributed by atoms with E-state index in [0.29, 0.717) is 25.1 Å². The third-order valence-electron chi connectivity index (χ3n) is 4.56. The first-order chi connectivity index (χ1) is 11.6. The van der Waals surface area contributed by atoms with Crippen LogP contribution in [0.4, 0.5) is 0 Å². The van der Waals surface area contributed by atoms with Crippen molar-refractivity contribution in [2.75, 3.05) is 13.1 Å². The number of rotatable bonds is 5. The highest BCUT2D eigenvalue weighted by atomic mass is 16.4. The molecule has 7 heteroatoms. The van der Waals surface area contributed by atoms with Crippen LogP contribution in [0.5, 0.6) is 0 Å². The zero-order chi connectivity index (χ0) is 17.1. The second kappa shape index (κ2) is 6.90. The van der Waals surface area contributed by atoms with Gasteiger partial charge in [0.05, 0.1) is 6.20 Å². The Labute approximate surface area is 140 Å². The summed E-state index contributed by atoms with van der Waals surface area (Å²) in [6, 6.07) is 3.81. The van der Waals surface area contributed by atoms with E-state index in [4.69, 9.17) is 5.11 Å². The van der Waals surface area contributed by atoms with Crippen LogP contribution in [0.15, 0.2) is 30.7 Å². The van der Waals surface area contributed by atoms with Crippen molar-refractivity contribution in [2.24, 2.45) is 13.0 Å². The fourth-order valence-corrected chi connectivity index (χ4v) is 3.35. The molecule has 1 saturated heterocycles. The molecule has 0 spiro atoms. The van der Waals surface area contributed by atoms with Crippen LogP contribution in [0, 0.1) is 5.92 Å². The molecule has 3 heterocycles. The van der Waals surface area contributed by atoms with Gasteiger partial charge in [0.1, 0.15) is 11.4 Å². The normalized spacial score (nSPS) is 17.9. The minimum atomic E-state index is -0.777. The van der Waals surface area contributed by atoms with Crippen LogP contribution < -0.4 is 0 Å². The summed E-state index contributed by atoms with van der Waals surface area (Å²) < 4.78 is 3.57. The van der Waals surface area contributed by atoms with Gasteiger partial charge in [-0.15, -0.1) is 0 Å². The zero-order valence-corrected chi connectivity index (χ0v) is 13.8. The molecule has 0 aromatic carbocycles. The molecule has 0 aliphatic carbocycles. The Morgan fingerprint density at radius 3 is 2.79 bits per heavy atom. The summed E-state index contributed by atoms with van der Waals surface area (Å²) in [4.78, 5) is 25.6. The summed E-state index contributed by atoms with van der Waals surface area (Å²) in [7, 11) is 1.82. The van der Waals surface area contributed by atoms with Crippen molar-refractivity contribution in [2.45, 2.75) is 25.7 Å². The van der Waals surface area contributed by atoms with E-state index in [1.54, 1.807) is 10.9 Å². The van der Waals surface area contributed by atoms with E-state index in [0.717, 1.165) is 18.7 Å². The maximum absolute atomic E-state index is 13.0. The Hall–Kier alpha value is -2.57. The third kappa shape index (κ3) is 3.34. The molecule has 1 fully saturated rings. The lowest BCUT2D eigenvalue weighted by Crippen LogP contribution is -2.40. The fraction of sp³-hybridized carbons (Fsp3) is 0.471. The van der Waals surface area contributed by atoms with Gasteiger partial charge in [0.2, 0.25) is 0 Å². The second-order valence-corrected chi connectivity index (χ2v) is 6.29. The van der Waals surface area contributed by atoms with E-state index in [1.807, 2.05) is 41.0 Å². The highest BCUT2D eigenvalue weighted by molar-refractivity contribution is 5.97. The van der Waals surface area contributed by atoms with E-state index in [1.165, 1.54) is 0 Å². The molecule has 0 unspecified atom stereocenters. The lowest BCUT2D eigenvalue weighted by Gasteiger charge is -2.32. The molecule has 1 N–H and O–H groups in total. The molecule has 2 aromatic heterocycles. The number of carbonyl (C=O) groups is 2. The Balaban J connectivity index is 1.76. The van der Waals surface area contributed by atoms with Gasteiger partial charge in [-0.05, 0) is 37.3 Å². The van der Waals surface area contributed by atoms with Gasteiger partial charge in [-0.1, -0.05) is 0 Å². The highest BCUT2D eigenvalue weighted by Crippen LogP contribution is 2.24. The molecule has 0 bridgehead atoms. The van der Waals surface area contributed by atoms with Gasteiger partial charge >= 0.3 is 5.97 Å². The Morgan fingerprint density at radius 2 is 2.08 bits per heavy atom. The maximum Gasteiger partial charge on any atom is 0.303 e. The standard InChI is InChI=1S/C17H22N4O3/c1-19-16(20-8-2-3-9-20)14(11-18-19)17(24)21-10-4-5-13(12-21)6-7-15(22)23/h2-3,8-9,11,13H,4-7,10,12H2,1H3,(H,22,23)/t13-/m1/s1. The smallest absolute Gasteiger partial charge is 0.303 e. The maximum atomic E-state index is 13.0. The second-order valence-electron chi connectivity index (χ2n) is 6.29. The average molecular weight is 330 g/mol. The van der Waals surface area contributed by atoms with Crippen LogP contribution in [0.25, 0.3) is 5.82 Å². The van der Waals surface area contributed by atoms with Crippen LogP contribution in [0.2, 0.25) is 0 Å². The number of aromatic nitrogens is 3. The van der Waals surface area contributed by atoms with Gasteiger partial charge in [0, 0.05) is 39.0 Å². The van der Waals surface area contributed by atoms with Crippen LogP contribution >= 0.6 is 0 Å². The zero-order valence-electron chi connectivity index (χ0n) is 13.8. The molecule has 1 atom stereocenters. The number of nitrogens with zero attached hydrogens (tertiary/aromatic N) is 4. The predicted octanol–water partition coefficient (Wildman–Crippen LogP) is 1.93. The molecular weight excluding hydrogens is 308 g/mol. The molecule has 128 valence electrons. The number of hydrogen-bond acceptors (Lipinski definition) is 3. The number of likely N-dealkylation sites (tertiary alicyclic amines) is 1. The minimum Gasteiger partial charge on any atom is -0.481 e. The Morgan fingerprint density at radius 1 is 1.33 bits per heavy atom. The lowest BCUT2D eigenvalue weighted by atomic mass is 9.93. The van der Waals surface area contributed by atoms with Crippen molar-refractivity contribution in [1.29, 1.82) is 0 Å². The summed E-state index contributed by atoms with van der Waals surface area (Å²) in [6.45, 7) is 1.33. The summed E-state index contributed by atoms with van der Waals surface area (Å²) in [5.41, 5.74) is 0.576. The van der Waals surface area contributed by atoms with Gasteiger partial charge in [-0.3, -0.25) is 14.3 Å². The number of hydrogen-bond donors (Lipinski definition) is 1. The van der Waals surface area contributed by atoms with Crippen LogP contribution in [0.3, 0.4) is 0 Å². The number of aryl methyl sites for hydroxylation is 1. The van der Waals surface area contributed by atoms with E-state index in [-0.39, 0.29) is 18.2 Å². The predicted molar refractivity (Wildman–Crippen MR) is 88.0 cm³/mol. The quantitative estimate of drug-likeness (QED) is 0.908. The summed E-state index contributed by atoms with van der Waals surface area (Å²) in [6.07, 6.45) is 8.06. The number of carbonyl (C=O) groups excluding carboxylic acids is 1. The van der Waals surface area contributed by atoms with Crippen molar-refractivity contribution in [3.63, 3.8) is 0 Å². The highest BCUT2D eigenvalue weighted by Gasteiger charge is 2.28. The molecular formula is C17H22N4O3. The number of carboxylic acids is 1. The Bertz CT molecular complexity index is 720. The number of amides is 1. The van der Waals surface area contributed by atoms with Gasteiger partial charge in [0.15, 0.2) is 0 Å². The van der Waals surface area contributed by atoms with Crippen LogP contribution in [-0.2, 0) is 11.8 Å². The van der Waals surface area contributed by atoms with E-state index >= 15 is 0 Å². The lowest BCUT2D eigenvalue weighted by molar-refractivity contribution is -0.137. The van der Waals surface area contributed by atoms with Crippen molar-refractivity contribution in [3.05, 3.63) is 36.3 Å². The van der Waals surface area contributed by atoms with Crippen LogP contribution in [0.1, 0.15) is 36.0 Å². The van der Waals surface area contributed by atoms with E-state index in [2.05, 4.69) is 5.10 Å². The molecule has 0 saturated carbocycles. The van der Waals surface area contributed by atoms with Gasteiger partial charge in [0.25, 0.3) is 5.91 Å². The van der Waals surface area contributed by atoms with E-state index < -0.39 is 5.97 Å². The van der Waals surface area contributed by atoms with Gasteiger partial charge < -0.3 is 14.6 Å². The molecule has 1 aliphatic rings. The summed E-state index contributed by atoms with van der Waals surface area (Å²) in [5, 5.41) is 13.1. The number of carboxylic acid groups (broad SMARTS) is 1. The van der Waals surface area contributed by atoms with Crippen molar-refractivity contribution >= 4 is 11.9 Å². The molecule has 1 aliphatic heterocycles. The van der Waals surface area contributed by atoms with Crippen molar-refractivity contribution < 1.29 is 14.7 Å². The molecule has 24 heavy (non-hydrogen) atoms. The molecule has 3 rings (SSSR count). The third-order valence-corrected chi connectivity index (χ3v) is 4.56. The van der Waals surface area contributed by atoms with Gasteiger partial charge in [-0.2, -0.15) is 5.10 Å². The molecule has 0 radical (unpaired) electrons. The first-order valence-electron chi connectivity index (χ1n) is 8.22. The van der Waals surface area contributed by atoms with Crippen molar-refractivity contribution in [1.82, 2.24) is 19.2 Å². The molecule has 7 nitrogen and oxygen atoms in total. The summed E-state index contributed by atoms with van der Waals surface area (Å²) in [5.74, 6) is 0.190. The first-order valence-corrected chi connectivity index (χ1v) is 8.22.